The molecule has 0 aromatic heterocycles. The molecule has 3 nitrogen and oxygen atoms in total. The Kier molecular flexibility index (Phi) is 1.14. The molecule has 1 saturated carbocycles. The summed E-state index contributed by atoms with van der Waals surface area (Å²) in [7, 11) is 0. The molecule has 0 radical (unpaired) electrons. The van der Waals surface area contributed by atoms with Crippen molar-refractivity contribution in [2.24, 2.45) is 5.92 Å². The van der Waals surface area contributed by atoms with E-state index in [0.717, 1.165) is 24.2 Å². The largest absolute Gasteiger partial charge is 0.504 e. The number of phenolic OH excluding ortho intramolecular Hbond substituents is 2. The molecule has 0 spiro atoms. The Morgan fingerprint density at radius 1 is 1.23 bits per heavy atom. The number of rotatable bonds is 0. The van der Waals surface area contributed by atoms with Crippen molar-refractivity contribution in [2.75, 3.05) is 0 Å². The number of aromatic hydroxyl groups is 2. The maximum Gasteiger partial charge on any atom is 0.161 e. The van der Waals surface area contributed by atoms with Gasteiger partial charge in [-0.1, -0.05) is 0 Å². The van der Waals surface area contributed by atoms with Crippen LogP contribution in [-0.2, 0) is 6.42 Å². The predicted molar refractivity (Wildman–Crippen MR) is 46.0 cm³/mol. The van der Waals surface area contributed by atoms with E-state index < -0.39 is 0 Å². The highest BCUT2D eigenvalue weighted by Gasteiger charge is 2.43. The summed E-state index contributed by atoms with van der Waals surface area (Å²) in [5.74, 6) is 1.21. The summed E-state index contributed by atoms with van der Waals surface area (Å²) in [6, 6.07) is 3.10. The zero-order chi connectivity index (χ0) is 9.00. The van der Waals surface area contributed by atoms with Crippen molar-refractivity contribution >= 4 is 0 Å². The highest BCUT2D eigenvalue weighted by Crippen LogP contribution is 2.47. The summed E-state index contributed by atoms with van der Waals surface area (Å²) in [6.45, 7) is 0. The Morgan fingerprint density at radius 2 is 2.00 bits per heavy atom. The van der Waals surface area contributed by atoms with Crippen molar-refractivity contribution in [3.05, 3.63) is 17.7 Å². The van der Waals surface area contributed by atoms with Crippen LogP contribution in [0.5, 0.6) is 17.2 Å². The molecule has 0 bridgehead atoms. The van der Waals surface area contributed by atoms with Gasteiger partial charge in [0.15, 0.2) is 11.5 Å². The lowest BCUT2D eigenvalue weighted by atomic mass is 10.1. The lowest BCUT2D eigenvalue weighted by Gasteiger charge is -2.16. The van der Waals surface area contributed by atoms with Gasteiger partial charge < -0.3 is 14.9 Å². The van der Waals surface area contributed by atoms with Crippen LogP contribution < -0.4 is 4.74 Å². The highest BCUT2D eigenvalue weighted by atomic mass is 16.5. The van der Waals surface area contributed by atoms with E-state index in [2.05, 4.69) is 0 Å². The van der Waals surface area contributed by atoms with E-state index in [4.69, 9.17) is 4.74 Å². The third kappa shape index (κ3) is 0.963. The molecule has 68 valence electrons. The van der Waals surface area contributed by atoms with Gasteiger partial charge in [-0.25, -0.2) is 0 Å². The van der Waals surface area contributed by atoms with Crippen molar-refractivity contribution < 1.29 is 14.9 Å². The SMILES string of the molecule is Oc1cc2c(cc1O)O[C@@H]1CC1C2. The second kappa shape index (κ2) is 2.10. The van der Waals surface area contributed by atoms with E-state index in [-0.39, 0.29) is 11.5 Å². The molecule has 3 heteroatoms. The lowest BCUT2D eigenvalue weighted by Crippen LogP contribution is -2.10. The molecule has 1 aromatic carbocycles. The molecule has 2 atom stereocenters. The Bertz CT molecular complexity index is 338. The predicted octanol–water partition coefficient (Wildman–Crippen LogP) is 1.42. The molecular weight excluding hydrogens is 168 g/mol. The van der Waals surface area contributed by atoms with Gasteiger partial charge in [-0.05, 0) is 24.5 Å². The van der Waals surface area contributed by atoms with E-state index in [0.29, 0.717) is 12.0 Å². The van der Waals surface area contributed by atoms with Crippen LogP contribution in [0.15, 0.2) is 12.1 Å². The molecule has 2 N–H and O–H groups in total. The van der Waals surface area contributed by atoms with Crippen LogP contribution in [0.3, 0.4) is 0 Å². The highest BCUT2D eigenvalue weighted by molar-refractivity contribution is 5.50. The number of fused-ring (bicyclic) bond motifs is 2. The molecule has 1 fully saturated rings. The molecule has 3 rings (SSSR count). The first kappa shape index (κ1) is 7.06. The zero-order valence-electron chi connectivity index (χ0n) is 7.03. The van der Waals surface area contributed by atoms with Crippen molar-refractivity contribution in [3.63, 3.8) is 0 Å². The molecule has 0 amide bonds. The Labute approximate surface area is 75.6 Å². The fraction of sp³-hybridized carbons (Fsp3) is 0.400. The second-order valence-electron chi connectivity index (χ2n) is 3.80. The van der Waals surface area contributed by atoms with Gasteiger partial charge in [0.05, 0.1) is 0 Å². The third-order valence-electron chi connectivity index (χ3n) is 2.78. The summed E-state index contributed by atoms with van der Waals surface area (Å²) in [5.41, 5.74) is 1.01. The van der Waals surface area contributed by atoms with Crippen LogP contribution in [0.4, 0.5) is 0 Å². The number of phenols is 2. The van der Waals surface area contributed by atoms with Gasteiger partial charge in [0.2, 0.25) is 0 Å². The lowest BCUT2D eigenvalue weighted by molar-refractivity contribution is 0.262. The van der Waals surface area contributed by atoms with E-state index >= 15 is 0 Å². The average Bonchev–Trinajstić information content (AvgIpc) is 2.80. The van der Waals surface area contributed by atoms with Gasteiger partial charge in [0.1, 0.15) is 11.9 Å². The number of ether oxygens (including phenoxy) is 1. The fourth-order valence-electron chi connectivity index (χ4n) is 1.89. The summed E-state index contributed by atoms with van der Waals surface area (Å²) < 4.78 is 5.57. The van der Waals surface area contributed by atoms with Crippen molar-refractivity contribution in [3.8, 4) is 17.2 Å². The van der Waals surface area contributed by atoms with Gasteiger partial charge in [0.25, 0.3) is 0 Å². The van der Waals surface area contributed by atoms with Crippen LogP contribution >= 0.6 is 0 Å². The molecule has 1 aromatic rings. The average molecular weight is 178 g/mol. The third-order valence-corrected chi connectivity index (χ3v) is 2.78. The summed E-state index contributed by atoms with van der Waals surface area (Å²) >= 11 is 0. The van der Waals surface area contributed by atoms with Gasteiger partial charge in [-0.3, -0.25) is 0 Å². The van der Waals surface area contributed by atoms with E-state index in [1.807, 2.05) is 0 Å². The normalized spacial score (nSPS) is 28.6. The van der Waals surface area contributed by atoms with Crippen LogP contribution in [0.2, 0.25) is 0 Å². The summed E-state index contributed by atoms with van der Waals surface area (Å²) in [5, 5.41) is 18.5. The van der Waals surface area contributed by atoms with Gasteiger partial charge in [0, 0.05) is 12.0 Å². The topological polar surface area (TPSA) is 49.7 Å². The first-order valence-electron chi connectivity index (χ1n) is 4.45. The second-order valence-corrected chi connectivity index (χ2v) is 3.80. The van der Waals surface area contributed by atoms with Gasteiger partial charge in [-0.2, -0.15) is 0 Å². The van der Waals surface area contributed by atoms with Crippen LogP contribution in [-0.4, -0.2) is 16.3 Å². The molecular formula is C10H10O3. The minimum atomic E-state index is -0.0992. The van der Waals surface area contributed by atoms with E-state index in [1.165, 1.54) is 6.07 Å². The first-order valence-corrected chi connectivity index (χ1v) is 4.45. The van der Waals surface area contributed by atoms with Crippen molar-refractivity contribution in [1.29, 1.82) is 0 Å². The zero-order valence-corrected chi connectivity index (χ0v) is 7.03. The van der Waals surface area contributed by atoms with Gasteiger partial charge >= 0.3 is 0 Å². The van der Waals surface area contributed by atoms with Crippen LogP contribution in [0.25, 0.3) is 0 Å². The molecule has 13 heavy (non-hydrogen) atoms. The smallest absolute Gasteiger partial charge is 0.161 e. The quantitative estimate of drug-likeness (QED) is 0.591. The molecule has 1 unspecified atom stereocenters. The van der Waals surface area contributed by atoms with Crippen molar-refractivity contribution in [1.82, 2.24) is 0 Å². The number of hydrogen-bond acceptors (Lipinski definition) is 3. The summed E-state index contributed by atoms with van der Waals surface area (Å²) in [6.07, 6.45) is 2.43. The summed E-state index contributed by atoms with van der Waals surface area (Å²) in [4.78, 5) is 0. The van der Waals surface area contributed by atoms with Crippen LogP contribution in [0.1, 0.15) is 12.0 Å². The molecule has 1 aliphatic heterocycles. The standard InChI is InChI=1S/C10H10O3/c11-7-2-5-1-6-3-9(6)13-10(5)4-8(7)12/h2,4,6,9,11-12H,1,3H2/t6?,9-/m1/s1. The molecule has 1 heterocycles. The molecule has 0 saturated heterocycles. The first-order chi connectivity index (χ1) is 6.24. The maximum atomic E-state index is 9.27. The monoisotopic (exact) mass is 178 g/mol. The number of hydrogen-bond donors (Lipinski definition) is 2. The minimum absolute atomic E-state index is 0.0542. The number of benzene rings is 1. The van der Waals surface area contributed by atoms with E-state index in [9.17, 15) is 10.2 Å². The van der Waals surface area contributed by atoms with Crippen LogP contribution in [0, 0.1) is 5.92 Å². The molecule has 2 aliphatic rings. The maximum absolute atomic E-state index is 9.27. The van der Waals surface area contributed by atoms with Gasteiger partial charge in [-0.15, -0.1) is 0 Å². The Balaban J connectivity index is 2.09. The Hall–Kier alpha value is -1.38. The fourth-order valence-corrected chi connectivity index (χ4v) is 1.89. The Morgan fingerprint density at radius 3 is 2.85 bits per heavy atom. The molecule has 1 aliphatic carbocycles. The van der Waals surface area contributed by atoms with Crippen molar-refractivity contribution in [2.45, 2.75) is 18.9 Å². The minimum Gasteiger partial charge on any atom is -0.504 e. The van der Waals surface area contributed by atoms with E-state index in [1.54, 1.807) is 6.07 Å².